The van der Waals surface area contributed by atoms with E-state index in [9.17, 15) is 0 Å². The maximum absolute atomic E-state index is 4.35. The third-order valence-corrected chi connectivity index (χ3v) is 4.06. The SMILES string of the molecule is C1=C(c2ccn3ccnc3c2)C[C@H]2CNC[C@@H]12. The molecule has 1 N–H and O–H groups in total. The molecule has 86 valence electrons. The van der Waals surface area contributed by atoms with Crippen molar-refractivity contribution in [2.45, 2.75) is 6.42 Å². The predicted octanol–water partition coefficient (Wildman–Crippen LogP) is 1.96. The quantitative estimate of drug-likeness (QED) is 0.804. The summed E-state index contributed by atoms with van der Waals surface area (Å²) in [4.78, 5) is 4.35. The summed E-state index contributed by atoms with van der Waals surface area (Å²) in [5.41, 5.74) is 3.89. The second-order valence-corrected chi connectivity index (χ2v) is 5.09. The minimum atomic E-state index is 0.751. The fourth-order valence-electron chi connectivity index (χ4n) is 3.10. The van der Waals surface area contributed by atoms with Crippen LogP contribution in [-0.2, 0) is 0 Å². The van der Waals surface area contributed by atoms with Crippen molar-refractivity contribution in [2.75, 3.05) is 13.1 Å². The fourth-order valence-corrected chi connectivity index (χ4v) is 3.10. The molecule has 0 spiro atoms. The van der Waals surface area contributed by atoms with Crippen molar-refractivity contribution >= 4 is 11.2 Å². The molecule has 4 rings (SSSR count). The van der Waals surface area contributed by atoms with Crippen molar-refractivity contribution in [3.05, 3.63) is 42.4 Å². The zero-order chi connectivity index (χ0) is 11.2. The second-order valence-electron chi connectivity index (χ2n) is 5.09. The van der Waals surface area contributed by atoms with E-state index < -0.39 is 0 Å². The summed E-state index contributed by atoms with van der Waals surface area (Å²) in [7, 11) is 0. The number of aromatic nitrogens is 2. The Labute approximate surface area is 100 Å². The van der Waals surface area contributed by atoms with Crippen molar-refractivity contribution in [2.24, 2.45) is 11.8 Å². The van der Waals surface area contributed by atoms with Crippen molar-refractivity contribution in [3.63, 3.8) is 0 Å². The maximum Gasteiger partial charge on any atom is 0.137 e. The lowest BCUT2D eigenvalue weighted by atomic mass is 9.99. The Bertz CT molecular complexity index is 596. The van der Waals surface area contributed by atoms with Crippen LogP contribution in [0.2, 0.25) is 0 Å². The Morgan fingerprint density at radius 1 is 1.29 bits per heavy atom. The summed E-state index contributed by atoms with van der Waals surface area (Å²) >= 11 is 0. The number of nitrogens with one attached hydrogen (secondary N) is 1. The van der Waals surface area contributed by atoms with Crippen LogP contribution >= 0.6 is 0 Å². The van der Waals surface area contributed by atoms with E-state index in [1.165, 1.54) is 24.1 Å². The Kier molecular flexibility index (Phi) is 1.91. The molecule has 3 nitrogen and oxygen atoms in total. The molecule has 0 amide bonds. The summed E-state index contributed by atoms with van der Waals surface area (Å²) in [5.74, 6) is 1.57. The predicted molar refractivity (Wildman–Crippen MR) is 67.6 cm³/mol. The van der Waals surface area contributed by atoms with Crippen LogP contribution in [0.3, 0.4) is 0 Å². The lowest BCUT2D eigenvalue weighted by Crippen LogP contribution is -2.09. The van der Waals surface area contributed by atoms with E-state index >= 15 is 0 Å². The summed E-state index contributed by atoms with van der Waals surface area (Å²) in [5, 5.41) is 3.46. The summed E-state index contributed by atoms with van der Waals surface area (Å²) in [6, 6.07) is 4.40. The third-order valence-electron chi connectivity index (χ3n) is 4.06. The Morgan fingerprint density at radius 3 is 3.24 bits per heavy atom. The minimum Gasteiger partial charge on any atom is -0.316 e. The number of hydrogen-bond donors (Lipinski definition) is 1. The van der Waals surface area contributed by atoms with Crippen molar-refractivity contribution in [1.82, 2.24) is 14.7 Å². The Balaban J connectivity index is 1.74. The van der Waals surface area contributed by atoms with Gasteiger partial charge in [-0.25, -0.2) is 4.98 Å². The highest BCUT2D eigenvalue weighted by Gasteiger charge is 2.31. The van der Waals surface area contributed by atoms with Crippen molar-refractivity contribution in [3.8, 4) is 0 Å². The zero-order valence-electron chi connectivity index (χ0n) is 9.63. The van der Waals surface area contributed by atoms with Crippen LogP contribution in [0.25, 0.3) is 11.2 Å². The van der Waals surface area contributed by atoms with Crippen molar-refractivity contribution in [1.29, 1.82) is 0 Å². The minimum absolute atomic E-state index is 0.751. The summed E-state index contributed by atoms with van der Waals surface area (Å²) in [6.07, 6.45) is 9.61. The van der Waals surface area contributed by atoms with Gasteiger partial charge in [0.15, 0.2) is 0 Å². The van der Waals surface area contributed by atoms with Crippen LogP contribution in [0.4, 0.5) is 0 Å². The first-order valence-corrected chi connectivity index (χ1v) is 6.25. The molecular weight excluding hydrogens is 210 g/mol. The van der Waals surface area contributed by atoms with Gasteiger partial charge in [-0.3, -0.25) is 0 Å². The average Bonchev–Trinajstić information content (AvgIpc) is 3.02. The molecule has 2 aromatic rings. The first-order chi connectivity index (χ1) is 8.40. The van der Waals surface area contributed by atoms with Gasteiger partial charge >= 0.3 is 0 Å². The lowest BCUT2D eigenvalue weighted by molar-refractivity contribution is 0.536. The molecule has 3 heterocycles. The number of rotatable bonds is 1. The molecule has 2 atom stereocenters. The molecule has 3 heteroatoms. The molecule has 0 saturated carbocycles. The summed E-state index contributed by atoms with van der Waals surface area (Å²) < 4.78 is 2.06. The monoisotopic (exact) mass is 225 g/mol. The van der Waals surface area contributed by atoms with Gasteiger partial charge in [0.2, 0.25) is 0 Å². The number of imidazole rings is 1. The van der Waals surface area contributed by atoms with E-state index in [0.717, 1.165) is 24.0 Å². The van der Waals surface area contributed by atoms with E-state index in [4.69, 9.17) is 0 Å². The van der Waals surface area contributed by atoms with Gasteiger partial charge in [-0.2, -0.15) is 0 Å². The van der Waals surface area contributed by atoms with E-state index in [1.807, 2.05) is 12.4 Å². The maximum atomic E-state index is 4.35. The van der Waals surface area contributed by atoms with E-state index in [-0.39, 0.29) is 0 Å². The molecule has 1 aliphatic heterocycles. The van der Waals surface area contributed by atoms with Crippen LogP contribution in [0.5, 0.6) is 0 Å². The number of allylic oxidation sites excluding steroid dienone is 1. The van der Waals surface area contributed by atoms with E-state index in [0.29, 0.717) is 0 Å². The highest BCUT2D eigenvalue weighted by atomic mass is 15.0. The van der Waals surface area contributed by atoms with Crippen LogP contribution in [0, 0.1) is 11.8 Å². The van der Waals surface area contributed by atoms with Crippen LogP contribution in [0.15, 0.2) is 36.8 Å². The molecule has 1 aliphatic carbocycles. The highest BCUT2D eigenvalue weighted by molar-refractivity contribution is 5.70. The van der Waals surface area contributed by atoms with Crippen LogP contribution < -0.4 is 5.32 Å². The first-order valence-electron chi connectivity index (χ1n) is 6.25. The molecule has 0 bridgehead atoms. The van der Waals surface area contributed by atoms with Gasteiger partial charge in [0.25, 0.3) is 0 Å². The van der Waals surface area contributed by atoms with Gasteiger partial charge in [0.1, 0.15) is 5.65 Å². The molecule has 1 saturated heterocycles. The normalized spacial score (nSPS) is 27.4. The molecule has 17 heavy (non-hydrogen) atoms. The Hall–Kier alpha value is -1.61. The molecule has 0 unspecified atom stereocenters. The van der Waals surface area contributed by atoms with E-state index in [2.05, 4.69) is 39.1 Å². The molecule has 0 radical (unpaired) electrons. The van der Waals surface area contributed by atoms with E-state index in [1.54, 1.807) is 0 Å². The van der Waals surface area contributed by atoms with Gasteiger partial charge in [0.05, 0.1) is 0 Å². The molecule has 2 aliphatic rings. The highest BCUT2D eigenvalue weighted by Crippen LogP contribution is 2.38. The van der Waals surface area contributed by atoms with Gasteiger partial charge in [-0.15, -0.1) is 0 Å². The largest absolute Gasteiger partial charge is 0.316 e. The second kappa shape index (κ2) is 3.44. The number of fused-ring (bicyclic) bond motifs is 2. The molecular formula is C14H15N3. The fraction of sp³-hybridized carbons (Fsp3) is 0.357. The van der Waals surface area contributed by atoms with Gasteiger partial charge in [0, 0.05) is 25.1 Å². The van der Waals surface area contributed by atoms with Crippen LogP contribution in [0.1, 0.15) is 12.0 Å². The molecule has 2 aromatic heterocycles. The zero-order valence-corrected chi connectivity index (χ0v) is 9.63. The Morgan fingerprint density at radius 2 is 2.29 bits per heavy atom. The third kappa shape index (κ3) is 1.42. The van der Waals surface area contributed by atoms with Gasteiger partial charge < -0.3 is 9.72 Å². The van der Waals surface area contributed by atoms with Crippen LogP contribution in [-0.4, -0.2) is 22.5 Å². The number of nitrogens with zero attached hydrogens (tertiary/aromatic N) is 2. The van der Waals surface area contributed by atoms with Gasteiger partial charge in [-0.05, 0) is 48.1 Å². The average molecular weight is 225 g/mol. The topological polar surface area (TPSA) is 29.3 Å². The lowest BCUT2D eigenvalue weighted by Gasteiger charge is -2.06. The molecule has 1 fully saturated rings. The smallest absolute Gasteiger partial charge is 0.137 e. The molecule has 0 aromatic carbocycles. The summed E-state index contributed by atoms with van der Waals surface area (Å²) in [6.45, 7) is 2.33. The standard InChI is InChI=1S/C14H15N3/c1-3-17-4-2-16-14(17)7-10(1)11-5-12-8-15-9-13(12)6-11/h1-5,7,12-13,15H,6,8-9H2/t12-,13+/m1/s1. The first kappa shape index (κ1) is 9.42. The van der Waals surface area contributed by atoms with Crippen molar-refractivity contribution < 1.29 is 0 Å². The number of hydrogen-bond acceptors (Lipinski definition) is 2. The number of pyridine rings is 1. The van der Waals surface area contributed by atoms with Gasteiger partial charge in [-0.1, -0.05) is 6.08 Å².